The fraction of sp³-hybridized carbons (Fsp3) is 0.818. The fourth-order valence-corrected chi connectivity index (χ4v) is 2.14. The molecule has 0 N–H and O–H groups in total. The maximum Gasteiger partial charge on any atom is 0.410 e. The summed E-state index contributed by atoms with van der Waals surface area (Å²) >= 11 is 0. The molecule has 5 nitrogen and oxygen atoms in total. The number of esters is 1. The van der Waals surface area contributed by atoms with Gasteiger partial charge in [-0.25, -0.2) is 4.79 Å². The Morgan fingerprint density at radius 1 is 1.50 bits per heavy atom. The van der Waals surface area contributed by atoms with Crippen molar-refractivity contribution in [3.8, 4) is 0 Å². The molecule has 0 aromatic carbocycles. The lowest BCUT2D eigenvalue weighted by atomic mass is 10.1. The molecule has 2 aliphatic heterocycles. The zero-order valence-electron chi connectivity index (χ0n) is 9.86. The van der Waals surface area contributed by atoms with E-state index in [0.29, 0.717) is 13.0 Å². The third-order valence-electron chi connectivity index (χ3n) is 2.77. The molecule has 2 heterocycles. The highest BCUT2D eigenvalue weighted by atomic mass is 16.6. The van der Waals surface area contributed by atoms with Crippen molar-refractivity contribution in [1.29, 1.82) is 0 Å². The number of ether oxygens (including phenoxy) is 2. The molecule has 16 heavy (non-hydrogen) atoms. The molecule has 2 saturated heterocycles. The van der Waals surface area contributed by atoms with Crippen LogP contribution in [0.1, 0.15) is 33.6 Å². The van der Waals surface area contributed by atoms with E-state index in [1.807, 2.05) is 20.8 Å². The van der Waals surface area contributed by atoms with Gasteiger partial charge in [-0.15, -0.1) is 0 Å². The average molecular weight is 227 g/mol. The van der Waals surface area contributed by atoms with Crippen LogP contribution in [0, 0.1) is 0 Å². The topological polar surface area (TPSA) is 55.8 Å². The van der Waals surface area contributed by atoms with Gasteiger partial charge in [-0.2, -0.15) is 0 Å². The highest BCUT2D eigenvalue weighted by Gasteiger charge is 2.46. The van der Waals surface area contributed by atoms with Gasteiger partial charge in [0.25, 0.3) is 0 Å². The molecule has 0 saturated carbocycles. The smallest absolute Gasteiger partial charge is 0.410 e. The molecular weight excluding hydrogens is 210 g/mol. The second kappa shape index (κ2) is 3.64. The van der Waals surface area contributed by atoms with Gasteiger partial charge in [0, 0.05) is 13.0 Å². The largest absolute Gasteiger partial charge is 0.460 e. The summed E-state index contributed by atoms with van der Waals surface area (Å²) in [5.41, 5.74) is -0.501. The Kier molecular flexibility index (Phi) is 2.56. The highest BCUT2D eigenvalue weighted by molar-refractivity contribution is 5.76. The molecule has 0 unspecified atom stereocenters. The summed E-state index contributed by atoms with van der Waals surface area (Å²) in [5.74, 6) is -0.219. The molecule has 0 aliphatic carbocycles. The number of likely N-dealkylation sites (tertiary alicyclic amines) is 1. The van der Waals surface area contributed by atoms with Gasteiger partial charge >= 0.3 is 12.1 Å². The zero-order chi connectivity index (χ0) is 11.9. The summed E-state index contributed by atoms with van der Waals surface area (Å²) in [6.07, 6.45) is 0.540. The summed E-state index contributed by atoms with van der Waals surface area (Å²) in [6.45, 7) is 6.09. The Labute approximate surface area is 94.7 Å². The van der Waals surface area contributed by atoms with Gasteiger partial charge < -0.3 is 14.4 Å². The first-order valence-corrected chi connectivity index (χ1v) is 5.56. The van der Waals surface area contributed by atoms with Crippen molar-refractivity contribution < 1.29 is 19.1 Å². The predicted octanol–water partition coefficient (Wildman–Crippen LogP) is 1.31. The number of amides is 1. The summed E-state index contributed by atoms with van der Waals surface area (Å²) < 4.78 is 10.4. The third kappa shape index (κ3) is 2.13. The number of hydrogen-bond acceptors (Lipinski definition) is 4. The second-order valence-corrected chi connectivity index (χ2v) is 5.26. The number of carbonyl (C=O) groups excluding carboxylic acids is 2. The summed E-state index contributed by atoms with van der Waals surface area (Å²) in [7, 11) is 0. The quantitative estimate of drug-likeness (QED) is 0.585. The van der Waals surface area contributed by atoms with Gasteiger partial charge in [-0.1, -0.05) is 0 Å². The first-order chi connectivity index (χ1) is 7.37. The maximum atomic E-state index is 11.8. The van der Waals surface area contributed by atoms with Crippen LogP contribution in [0.2, 0.25) is 0 Å². The zero-order valence-corrected chi connectivity index (χ0v) is 9.86. The minimum Gasteiger partial charge on any atom is -0.460 e. The molecule has 0 bridgehead atoms. The van der Waals surface area contributed by atoms with Gasteiger partial charge in [0.15, 0.2) is 0 Å². The van der Waals surface area contributed by atoms with Crippen LogP contribution in [0.4, 0.5) is 4.79 Å². The van der Waals surface area contributed by atoms with Crippen molar-refractivity contribution in [2.45, 2.75) is 51.4 Å². The molecule has 2 rings (SSSR count). The number of fused-ring (bicyclic) bond motifs is 1. The van der Waals surface area contributed by atoms with Crippen LogP contribution in [-0.4, -0.2) is 41.3 Å². The van der Waals surface area contributed by atoms with Crippen molar-refractivity contribution in [2.75, 3.05) is 6.54 Å². The predicted molar refractivity (Wildman–Crippen MR) is 55.8 cm³/mol. The second-order valence-electron chi connectivity index (χ2n) is 5.26. The van der Waals surface area contributed by atoms with Crippen molar-refractivity contribution >= 4 is 12.1 Å². The van der Waals surface area contributed by atoms with E-state index in [0.717, 1.165) is 6.42 Å². The molecule has 1 amide bonds. The van der Waals surface area contributed by atoms with Crippen LogP contribution < -0.4 is 0 Å². The van der Waals surface area contributed by atoms with Crippen LogP contribution in [0.5, 0.6) is 0 Å². The van der Waals surface area contributed by atoms with E-state index in [1.165, 1.54) is 0 Å². The minimum absolute atomic E-state index is 0.123. The Balaban J connectivity index is 2.00. The Morgan fingerprint density at radius 3 is 2.81 bits per heavy atom. The molecule has 0 aromatic rings. The lowest BCUT2D eigenvalue weighted by Crippen LogP contribution is -2.41. The van der Waals surface area contributed by atoms with Crippen molar-refractivity contribution in [1.82, 2.24) is 4.90 Å². The maximum absolute atomic E-state index is 11.8. The van der Waals surface area contributed by atoms with Crippen LogP contribution in [0.15, 0.2) is 0 Å². The number of hydrogen-bond donors (Lipinski definition) is 0. The molecule has 0 aromatic heterocycles. The van der Waals surface area contributed by atoms with E-state index in [4.69, 9.17) is 9.47 Å². The average Bonchev–Trinajstić information content (AvgIpc) is 2.58. The SMILES string of the molecule is CC(C)(C)OC(=O)N1CC[C@H]2OC(=O)C[C@H]21. The fourth-order valence-electron chi connectivity index (χ4n) is 2.14. The minimum atomic E-state index is -0.501. The number of rotatable bonds is 0. The molecule has 0 radical (unpaired) electrons. The van der Waals surface area contributed by atoms with Crippen molar-refractivity contribution in [3.05, 3.63) is 0 Å². The number of nitrogens with zero attached hydrogens (tertiary/aromatic N) is 1. The molecule has 2 fully saturated rings. The van der Waals surface area contributed by atoms with E-state index >= 15 is 0 Å². The normalized spacial score (nSPS) is 28.9. The van der Waals surface area contributed by atoms with E-state index in [1.54, 1.807) is 4.90 Å². The van der Waals surface area contributed by atoms with E-state index < -0.39 is 5.60 Å². The van der Waals surface area contributed by atoms with E-state index in [9.17, 15) is 9.59 Å². The monoisotopic (exact) mass is 227 g/mol. The Bertz CT molecular complexity index is 320. The molecular formula is C11H17NO4. The third-order valence-corrected chi connectivity index (χ3v) is 2.77. The molecule has 5 heteroatoms. The van der Waals surface area contributed by atoms with E-state index in [-0.39, 0.29) is 24.2 Å². The Morgan fingerprint density at radius 2 is 2.19 bits per heavy atom. The molecule has 2 atom stereocenters. The van der Waals surface area contributed by atoms with Crippen LogP contribution in [0.3, 0.4) is 0 Å². The summed E-state index contributed by atoms with van der Waals surface area (Å²) in [5, 5.41) is 0. The number of carbonyl (C=O) groups is 2. The standard InChI is InChI=1S/C11H17NO4/c1-11(2,3)16-10(14)12-5-4-8-7(12)6-9(13)15-8/h7-8H,4-6H2,1-3H3/t7-,8-/m1/s1. The summed E-state index contributed by atoms with van der Waals surface area (Å²) in [4.78, 5) is 24.6. The molecule has 0 spiro atoms. The van der Waals surface area contributed by atoms with Crippen LogP contribution in [-0.2, 0) is 14.3 Å². The molecule has 2 aliphatic rings. The summed E-state index contributed by atoms with van der Waals surface area (Å²) in [6, 6.07) is -0.123. The van der Waals surface area contributed by atoms with Crippen LogP contribution in [0.25, 0.3) is 0 Å². The first kappa shape index (κ1) is 11.2. The lowest BCUT2D eigenvalue weighted by molar-refractivity contribution is -0.141. The first-order valence-electron chi connectivity index (χ1n) is 5.56. The van der Waals surface area contributed by atoms with Crippen molar-refractivity contribution in [2.24, 2.45) is 0 Å². The van der Waals surface area contributed by atoms with Gasteiger partial charge in [0.2, 0.25) is 0 Å². The van der Waals surface area contributed by atoms with Crippen LogP contribution >= 0.6 is 0 Å². The highest BCUT2D eigenvalue weighted by Crippen LogP contribution is 2.30. The molecule has 90 valence electrons. The lowest BCUT2D eigenvalue weighted by Gasteiger charge is -2.26. The Hall–Kier alpha value is -1.26. The van der Waals surface area contributed by atoms with Gasteiger partial charge in [-0.05, 0) is 20.8 Å². The van der Waals surface area contributed by atoms with Gasteiger partial charge in [0.1, 0.15) is 11.7 Å². The van der Waals surface area contributed by atoms with Crippen molar-refractivity contribution in [3.63, 3.8) is 0 Å². The van der Waals surface area contributed by atoms with Gasteiger partial charge in [-0.3, -0.25) is 4.79 Å². The van der Waals surface area contributed by atoms with E-state index in [2.05, 4.69) is 0 Å². The van der Waals surface area contributed by atoms with Gasteiger partial charge in [0.05, 0.1) is 12.5 Å².